The second-order valence-corrected chi connectivity index (χ2v) is 7.92. The first-order valence-corrected chi connectivity index (χ1v) is 10.6. The lowest BCUT2D eigenvalue weighted by Gasteiger charge is -2.25. The van der Waals surface area contributed by atoms with Crippen LogP contribution < -0.4 is 20.1 Å². The molecule has 6 nitrogen and oxygen atoms in total. The van der Waals surface area contributed by atoms with Crippen molar-refractivity contribution < 1.29 is 19.1 Å². The Morgan fingerprint density at radius 3 is 2.50 bits per heavy atom. The van der Waals surface area contributed by atoms with Crippen LogP contribution in [0.15, 0.2) is 66.7 Å². The Kier molecular flexibility index (Phi) is 6.40. The van der Waals surface area contributed by atoms with Gasteiger partial charge in [-0.15, -0.1) is 0 Å². The molecule has 0 bridgehead atoms. The third-order valence-electron chi connectivity index (χ3n) is 5.54. The molecule has 3 aromatic carbocycles. The maximum Gasteiger partial charge on any atom is 0.255 e. The molecule has 1 aliphatic rings. The second kappa shape index (κ2) is 9.56. The number of hydrogen-bond donors (Lipinski definition) is 2. The van der Waals surface area contributed by atoms with E-state index in [1.807, 2.05) is 43.3 Å². The first-order chi connectivity index (χ1) is 15.5. The highest BCUT2D eigenvalue weighted by atomic mass is 16.5. The molecule has 1 atom stereocenters. The molecule has 0 spiro atoms. The lowest BCUT2D eigenvalue weighted by molar-refractivity contribution is -0.126. The summed E-state index contributed by atoms with van der Waals surface area (Å²) in [5.41, 5.74) is 4.35. The fraction of sp³-hybridized carbons (Fsp3) is 0.231. The predicted octanol–water partition coefficient (Wildman–Crippen LogP) is 4.12. The largest absolute Gasteiger partial charge is 0.497 e. The zero-order valence-electron chi connectivity index (χ0n) is 18.2. The number of nitrogens with one attached hydrogen (secondary N) is 2. The van der Waals surface area contributed by atoms with Crippen molar-refractivity contribution in [1.29, 1.82) is 0 Å². The van der Waals surface area contributed by atoms with Gasteiger partial charge >= 0.3 is 0 Å². The van der Waals surface area contributed by atoms with Gasteiger partial charge < -0.3 is 20.1 Å². The van der Waals surface area contributed by atoms with Crippen molar-refractivity contribution in [3.8, 4) is 11.5 Å². The van der Waals surface area contributed by atoms with Crippen molar-refractivity contribution in [2.24, 2.45) is 5.92 Å². The predicted molar refractivity (Wildman–Crippen MR) is 123 cm³/mol. The third-order valence-corrected chi connectivity index (χ3v) is 5.54. The average Bonchev–Trinajstić information content (AvgIpc) is 2.83. The number of methoxy groups -OCH3 is 1. The van der Waals surface area contributed by atoms with E-state index < -0.39 is 0 Å². The molecule has 164 valence electrons. The summed E-state index contributed by atoms with van der Waals surface area (Å²) >= 11 is 0. The maximum atomic E-state index is 12.7. The Morgan fingerprint density at radius 2 is 1.78 bits per heavy atom. The van der Waals surface area contributed by atoms with Gasteiger partial charge in [0.25, 0.3) is 5.91 Å². The van der Waals surface area contributed by atoms with E-state index in [2.05, 4.69) is 10.6 Å². The fourth-order valence-electron chi connectivity index (χ4n) is 3.63. The van der Waals surface area contributed by atoms with Crippen molar-refractivity contribution in [3.63, 3.8) is 0 Å². The molecule has 1 unspecified atom stereocenters. The number of aryl methyl sites for hydroxylation is 1. The fourth-order valence-corrected chi connectivity index (χ4v) is 3.63. The molecule has 0 radical (unpaired) electrons. The number of carbonyl (C=O) groups excluding carboxylic acids is 2. The molecule has 0 saturated carbocycles. The van der Waals surface area contributed by atoms with Gasteiger partial charge in [0.2, 0.25) is 5.91 Å². The molecule has 2 N–H and O–H groups in total. The lowest BCUT2D eigenvalue weighted by Crippen LogP contribution is -2.37. The molecule has 6 heteroatoms. The van der Waals surface area contributed by atoms with Gasteiger partial charge in [-0.1, -0.05) is 29.8 Å². The van der Waals surface area contributed by atoms with Crippen molar-refractivity contribution in [1.82, 2.24) is 5.32 Å². The Morgan fingerprint density at radius 1 is 1.03 bits per heavy atom. The van der Waals surface area contributed by atoms with Crippen LogP contribution in [-0.2, 0) is 17.8 Å². The number of ether oxygens (including phenoxy) is 2. The van der Waals surface area contributed by atoms with Gasteiger partial charge in [0, 0.05) is 17.8 Å². The highest BCUT2D eigenvalue weighted by Gasteiger charge is 2.26. The SMILES string of the molecule is COc1ccc(C(=O)Nc2ccc3c(c2)CC(C(=O)NCc2ccc(C)cc2)CO3)cc1. The van der Waals surface area contributed by atoms with E-state index >= 15 is 0 Å². The van der Waals surface area contributed by atoms with Gasteiger partial charge in [-0.3, -0.25) is 9.59 Å². The lowest BCUT2D eigenvalue weighted by atomic mass is 9.95. The molecule has 0 aromatic heterocycles. The van der Waals surface area contributed by atoms with E-state index in [4.69, 9.17) is 9.47 Å². The van der Waals surface area contributed by atoms with E-state index in [1.54, 1.807) is 37.4 Å². The van der Waals surface area contributed by atoms with Gasteiger partial charge in [0.05, 0.1) is 13.0 Å². The zero-order valence-corrected chi connectivity index (χ0v) is 18.2. The normalized spacial score (nSPS) is 14.6. The monoisotopic (exact) mass is 430 g/mol. The van der Waals surface area contributed by atoms with Crippen LogP contribution in [0, 0.1) is 12.8 Å². The summed E-state index contributed by atoms with van der Waals surface area (Å²) in [6.07, 6.45) is 0.557. The molecule has 32 heavy (non-hydrogen) atoms. The van der Waals surface area contributed by atoms with Crippen LogP contribution >= 0.6 is 0 Å². The standard InChI is InChI=1S/C26H26N2O4/c1-17-3-5-18(6-4-17)15-27-25(29)21-13-20-14-22(9-12-24(20)32-16-21)28-26(30)19-7-10-23(31-2)11-8-19/h3-12,14,21H,13,15-16H2,1-2H3,(H,27,29)(H,28,30). The third kappa shape index (κ3) is 5.09. The number of amides is 2. The maximum absolute atomic E-state index is 12.7. The molecule has 0 fully saturated rings. The summed E-state index contributed by atoms with van der Waals surface area (Å²) < 4.78 is 10.9. The molecule has 0 saturated heterocycles. The highest BCUT2D eigenvalue weighted by Crippen LogP contribution is 2.30. The van der Waals surface area contributed by atoms with Gasteiger partial charge in [-0.2, -0.15) is 0 Å². The number of benzene rings is 3. The molecular formula is C26H26N2O4. The molecule has 0 aliphatic carbocycles. The summed E-state index contributed by atoms with van der Waals surface area (Å²) in [7, 11) is 1.58. The van der Waals surface area contributed by atoms with Crippen LogP contribution in [0.5, 0.6) is 11.5 Å². The summed E-state index contributed by atoms with van der Waals surface area (Å²) in [6, 6.07) is 20.5. The van der Waals surface area contributed by atoms with E-state index in [1.165, 1.54) is 5.56 Å². The molecule has 4 rings (SSSR count). The summed E-state index contributed by atoms with van der Waals surface area (Å²) in [6.45, 7) is 2.86. The number of hydrogen-bond acceptors (Lipinski definition) is 4. The van der Waals surface area contributed by atoms with Gasteiger partial charge in [-0.25, -0.2) is 0 Å². The quantitative estimate of drug-likeness (QED) is 0.617. The second-order valence-electron chi connectivity index (χ2n) is 7.92. The van der Waals surface area contributed by atoms with Crippen LogP contribution in [0.3, 0.4) is 0 Å². The number of anilines is 1. The topological polar surface area (TPSA) is 76.7 Å². The van der Waals surface area contributed by atoms with Gasteiger partial charge in [0.15, 0.2) is 0 Å². The zero-order chi connectivity index (χ0) is 22.5. The first-order valence-electron chi connectivity index (χ1n) is 10.6. The van der Waals surface area contributed by atoms with Crippen molar-refractivity contribution >= 4 is 17.5 Å². The van der Waals surface area contributed by atoms with E-state index in [0.717, 1.165) is 16.9 Å². The smallest absolute Gasteiger partial charge is 0.255 e. The van der Waals surface area contributed by atoms with Crippen molar-refractivity contribution in [3.05, 3.63) is 89.0 Å². The Balaban J connectivity index is 1.38. The molecule has 1 heterocycles. The molecule has 1 aliphatic heterocycles. The minimum Gasteiger partial charge on any atom is -0.497 e. The minimum absolute atomic E-state index is 0.0381. The number of carbonyl (C=O) groups is 2. The van der Waals surface area contributed by atoms with Crippen LogP contribution in [0.25, 0.3) is 0 Å². The van der Waals surface area contributed by atoms with E-state index in [9.17, 15) is 9.59 Å². The minimum atomic E-state index is -0.277. The van der Waals surface area contributed by atoms with E-state index in [0.29, 0.717) is 36.6 Å². The van der Waals surface area contributed by atoms with Gasteiger partial charge in [0.1, 0.15) is 18.1 Å². The first kappa shape index (κ1) is 21.4. The summed E-state index contributed by atoms with van der Waals surface area (Å²) in [4.78, 5) is 25.2. The van der Waals surface area contributed by atoms with Crippen LogP contribution in [0.1, 0.15) is 27.0 Å². The van der Waals surface area contributed by atoms with Gasteiger partial charge in [-0.05, 0) is 66.9 Å². The van der Waals surface area contributed by atoms with Crippen LogP contribution in [0.4, 0.5) is 5.69 Å². The Labute approximate surface area is 187 Å². The average molecular weight is 431 g/mol. The van der Waals surface area contributed by atoms with Crippen molar-refractivity contribution in [2.75, 3.05) is 19.0 Å². The highest BCUT2D eigenvalue weighted by molar-refractivity contribution is 6.04. The Hall–Kier alpha value is -3.80. The van der Waals surface area contributed by atoms with E-state index in [-0.39, 0.29) is 17.7 Å². The molecule has 3 aromatic rings. The number of rotatable bonds is 6. The van der Waals surface area contributed by atoms with Crippen LogP contribution in [0.2, 0.25) is 0 Å². The molecule has 2 amide bonds. The van der Waals surface area contributed by atoms with Crippen molar-refractivity contribution in [2.45, 2.75) is 19.9 Å². The summed E-state index contributed by atoms with van der Waals surface area (Å²) in [5, 5.41) is 5.90. The summed E-state index contributed by atoms with van der Waals surface area (Å²) in [5.74, 6) is 0.912. The Bertz CT molecular complexity index is 1110. The number of fused-ring (bicyclic) bond motifs is 1. The molecular weight excluding hydrogens is 404 g/mol. The van der Waals surface area contributed by atoms with Crippen LogP contribution in [-0.4, -0.2) is 25.5 Å².